The summed E-state index contributed by atoms with van der Waals surface area (Å²) in [5.41, 5.74) is -0.456. The largest absolute Gasteiger partial charge is 0.465 e. The third kappa shape index (κ3) is 3.62. The van der Waals surface area contributed by atoms with Crippen molar-refractivity contribution >= 4 is 33.7 Å². The van der Waals surface area contributed by atoms with Gasteiger partial charge in [-0.1, -0.05) is 0 Å². The van der Waals surface area contributed by atoms with Gasteiger partial charge in [-0.2, -0.15) is 0 Å². The molecule has 0 aromatic heterocycles. The van der Waals surface area contributed by atoms with Crippen molar-refractivity contribution in [2.24, 2.45) is 0 Å². The number of aliphatic hydroxyl groups is 1. The number of halogens is 1. The second kappa shape index (κ2) is 6.55. The first-order chi connectivity index (χ1) is 9.79. The summed E-state index contributed by atoms with van der Waals surface area (Å²) >= 11 is 4.54. The number of ether oxygens (including phenoxy) is 4. The van der Waals surface area contributed by atoms with Crippen LogP contribution in [-0.2, 0) is 23.7 Å². The standard InChI is InChI=1S/C13H19BrO6S/c1-13(2)19-9-7(5-6(14)11(16)17-3)18-12(21-4)8(15)10(9)20-13/h5,7-10,12,15H,1-4H3/b6-5-/t7-,8-,9+,10-,12+/m1/s1. The molecule has 5 atom stereocenters. The van der Waals surface area contributed by atoms with Crippen LogP contribution in [0.1, 0.15) is 13.8 Å². The van der Waals surface area contributed by atoms with E-state index < -0.39 is 41.6 Å². The highest BCUT2D eigenvalue weighted by atomic mass is 79.9. The minimum Gasteiger partial charge on any atom is -0.465 e. The fourth-order valence-electron chi connectivity index (χ4n) is 2.44. The molecule has 0 radical (unpaired) electrons. The molecular formula is C13H19BrO6S. The van der Waals surface area contributed by atoms with E-state index in [1.165, 1.54) is 18.9 Å². The van der Waals surface area contributed by atoms with Gasteiger partial charge in [0.05, 0.1) is 7.11 Å². The van der Waals surface area contributed by atoms with Gasteiger partial charge in [0.25, 0.3) is 0 Å². The number of fused-ring (bicyclic) bond motifs is 1. The molecule has 21 heavy (non-hydrogen) atoms. The molecule has 0 aliphatic carbocycles. The molecule has 2 aliphatic rings. The molecule has 6 nitrogen and oxygen atoms in total. The second-order valence-electron chi connectivity index (χ2n) is 5.27. The molecule has 2 saturated heterocycles. The molecule has 0 spiro atoms. The maximum Gasteiger partial charge on any atom is 0.344 e. The van der Waals surface area contributed by atoms with Crippen molar-refractivity contribution in [3.63, 3.8) is 0 Å². The molecule has 2 fully saturated rings. The summed E-state index contributed by atoms with van der Waals surface area (Å²) in [4.78, 5) is 11.5. The molecule has 0 amide bonds. The smallest absolute Gasteiger partial charge is 0.344 e. The molecule has 120 valence electrons. The van der Waals surface area contributed by atoms with Crippen molar-refractivity contribution in [2.75, 3.05) is 13.4 Å². The summed E-state index contributed by atoms with van der Waals surface area (Å²) in [5.74, 6) is -1.31. The van der Waals surface area contributed by atoms with Gasteiger partial charge in [0.15, 0.2) is 5.79 Å². The van der Waals surface area contributed by atoms with Crippen LogP contribution in [0.5, 0.6) is 0 Å². The highest BCUT2D eigenvalue weighted by Crippen LogP contribution is 2.40. The Balaban J connectivity index is 2.25. The Morgan fingerprint density at radius 1 is 1.38 bits per heavy atom. The predicted molar refractivity (Wildman–Crippen MR) is 81.0 cm³/mol. The number of carbonyl (C=O) groups excluding carboxylic acids is 1. The van der Waals surface area contributed by atoms with Gasteiger partial charge in [0.1, 0.15) is 34.3 Å². The van der Waals surface area contributed by atoms with Crippen LogP contribution in [-0.4, -0.2) is 60.1 Å². The van der Waals surface area contributed by atoms with E-state index in [0.29, 0.717) is 0 Å². The Kier molecular flexibility index (Phi) is 5.38. The van der Waals surface area contributed by atoms with Crippen molar-refractivity contribution in [3.05, 3.63) is 10.6 Å². The minimum absolute atomic E-state index is 0.248. The van der Waals surface area contributed by atoms with Crippen LogP contribution in [0.3, 0.4) is 0 Å². The number of rotatable bonds is 3. The molecule has 0 unspecified atom stereocenters. The molecule has 0 saturated carbocycles. The van der Waals surface area contributed by atoms with Gasteiger partial charge in [-0.25, -0.2) is 4.79 Å². The predicted octanol–water partition coefficient (Wildman–Crippen LogP) is 1.41. The summed E-state index contributed by atoms with van der Waals surface area (Å²) in [6.07, 6.45) is 1.11. The summed E-state index contributed by atoms with van der Waals surface area (Å²) in [5, 5.41) is 10.3. The van der Waals surface area contributed by atoms with Crippen LogP contribution in [0.15, 0.2) is 10.6 Å². The first-order valence-corrected chi connectivity index (χ1v) is 8.54. The van der Waals surface area contributed by atoms with E-state index in [2.05, 4.69) is 20.7 Å². The van der Waals surface area contributed by atoms with Crippen LogP contribution in [0.2, 0.25) is 0 Å². The van der Waals surface area contributed by atoms with E-state index >= 15 is 0 Å². The summed E-state index contributed by atoms with van der Waals surface area (Å²) in [6.45, 7) is 3.56. The van der Waals surface area contributed by atoms with Crippen LogP contribution in [0.25, 0.3) is 0 Å². The van der Waals surface area contributed by atoms with Crippen molar-refractivity contribution in [1.82, 2.24) is 0 Å². The Labute approximate surface area is 136 Å². The fourth-order valence-corrected chi connectivity index (χ4v) is 3.54. The van der Waals surface area contributed by atoms with Gasteiger partial charge in [0.2, 0.25) is 0 Å². The molecule has 0 bridgehead atoms. The lowest BCUT2D eigenvalue weighted by Gasteiger charge is -2.38. The summed E-state index contributed by atoms with van der Waals surface area (Å²) in [7, 11) is 1.30. The fraction of sp³-hybridized carbons (Fsp3) is 0.769. The number of hydrogen-bond donors (Lipinski definition) is 1. The summed E-state index contributed by atoms with van der Waals surface area (Å²) < 4.78 is 22.3. The van der Waals surface area contributed by atoms with Crippen LogP contribution >= 0.6 is 27.7 Å². The Bertz CT molecular complexity index is 440. The zero-order chi connectivity index (χ0) is 15.8. The lowest BCUT2D eigenvalue weighted by molar-refractivity contribution is -0.153. The zero-order valence-corrected chi connectivity index (χ0v) is 14.6. The number of methoxy groups -OCH3 is 1. The molecule has 2 heterocycles. The topological polar surface area (TPSA) is 74.2 Å². The molecule has 0 aromatic rings. The van der Waals surface area contributed by atoms with Gasteiger partial charge in [0, 0.05) is 0 Å². The zero-order valence-electron chi connectivity index (χ0n) is 12.2. The Morgan fingerprint density at radius 2 is 2.00 bits per heavy atom. The van der Waals surface area contributed by atoms with Gasteiger partial charge >= 0.3 is 5.97 Å². The van der Waals surface area contributed by atoms with Crippen LogP contribution in [0, 0.1) is 0 Å². The maximum absolute atomic E-state index is 11.5. The van der Waals surface area contributed by atoms with Crippen LogP contribution in [0.4, 0.5) is 0 Å². The summed E-state index contributed by atoms with van der Waals surface area (Å²) in [6, 6.07) is 0. The van der Waals surface area contributed by atoms with Gasteiger partial charge in [-0.05, 0) is 42.1 Å². The van der Waals surface area contributed by atoms with E-state index in [0.717, 1.165) is 0 Å². The monoisotopic (exact) mass is 382 g/mol. The second-order valence-corrected chi connectivity index (χ2v) is 7.06. The number of thioether (sulfide) groups is 1. The highest BCUT2D eigenvalue weighted by Gasteiger charge is 2.54. The number of aliphatic hydroxyl groups excluding tert-OH is 1. The Morgan fingerprint density at radius 3 is 2.57 bits per heavy atom. The first-order valence-electron chi connectivity index (χ1n) is 6.46. The molecule has 2 rings (SSSR count). The SMILES string of the molecule is COC(=O)/C(Br)=C/[C@H]1O[C@@H](SC)[C@H](O)[C@H]2OC(C)(C)O[C@H]21. The number of carbonyl (C=O) groups is 1. The number of hydrogen-bond acceptors (Lipinski definition) is 7. The lowest BCUT2D eigenvalue weighted by atomic mass is 9.99. The average Bonchev–Trinajstić information content (AvgIpc) is 2.77. The van der Waals surface area contributed by atoms with Crippen molar-refractivity contribution in [1.29, 1.82) is 0 Å². The molecule has 0 aromatic carbocycles. The third-order valence-electron chi connectivity index (χ3n) is 3.32. The first kappa shape index (κ1) is 17.2. The van der Waals surface area contributed by atoms with E-state index in [1.807, 2.05) is 6.26 Å². The lowest BCUT2D eigenvalue weighted by Crippen LogP contribution is -2.54. The highest BCUT2D eigenvalue weighted by molar-refractivity contribution is 9.12. The normalized spacial score (nSPS) is 39.0. The van der Waals surface area contributed by atoms with E-state index in [1.54, 1.807) is 19.9 Å². The van der Waals surface area contributed by atoms with Crippen molar-refractivity contribution in [3.8, 4) is 0 Å². The minimum atomic E-state index is -0.809. The Hall–Kier alpha value is -0.120. The van der Waals surface area contributed by atoms with Gasteiger partial charge in [-0.3, -0.25) is 0 Å². The average molecular weight is 383 g/mol. The maximum atomic E-state index is 11.5. The van der Waals surface area contributed by atoms with Crippen molar-refractivity contribution in [2.45, 2.75) is 49.5 Å². The molecule has 2 aliphatic heterocycles. The molecule has 1 N–H and O–H groups in total. The van der Waals surface area contributed by atoms with E-state index in [9.17, 15) is 9.90 Å². The number of esters is 1. The third-order valence-corrected chi connectivity index (χ3v) is 4.76. The molecular weight excluding hydrogens is 364 g/mol. The van der Waals surface area contributed by atoms with E-state index in [4.69, 9.17) is 14.2 Å². The molecule has 8 heteroatoms. The quantitative estimate of drug-likeness (QED) is 0.584. The van der Waals surface area contributed by atoms with E-state index in [-0.39, 0.29) is 4.48 Å². The van der Waals surface area contributed by atoms with Gasteiger partial charge in [-0.15, -0.1) is 11.8 Å². The van der Waals surface area contributed by atoms with Crippen LogP contribution < -0.4 is 0 Å². The van der Waals surface area contributed by atoms with Crippen molar-refractivity contribution < 1.29 is 28.8 Å². The van der Waals surface area contributed by atoms with Gasteiger partial charge < -0.3 is 24.1 Å².